The second-order valence-electron chi connectivity index (χ2n) is 6.21. The number of fused-ring (bicyclic) bond motifs is 1. The molecule has 6 nitrogen and oxygen atoms in total. The molecule has 1 aromatic heterocycles. The van der Waals surface area contributed by atoms with Crippen LogP contribution in [0.25, 0.3) is 17.0 Å². The van der Waals surface area contributed by atoms with Gasteiger partial charge in [0, 0.05) is 33.3 Å². The maximum Gasteiger partial charge on any atom is 0.245 e. The van der Waals surface area contributed by atoms with E-state index in [4.69, 9.17) is 0 Å². The van der Waals surface area contributed by atoms with Gasteiger partial charge in [-0.25, -0.2) is 0 Å². The van der Waals surface area contributed by atoms with Gasteiger partial charge in [0.05, 0.1) is 6.61 Å². The molecule has 0 aliphatic rings. The Balaban J connectivity index is 1.57. The fraction of sp³-hybridized carbons (Fsp3) is 0.143. The molecular formula is C21H20IN3O3. The summed E-state index contributed by atoms with van der Waals surface area (Å²) in [6, 6.07) is 14.5. The topological polar surface area (TPSA) is 94.2 Å². The number of amides is 2. The number of aliphatic hydroxyl groups is 1. The third-order valence-corrected chi connectivity index (χ3v) is 4.88. The molecule has 2 aromatic carbocycles. The molecule has 1 unspecified atom stereocenters. The van der Waals surface area contributed by atoms with Crippen molar-refractivity contribution in [3.05, 3.63) is 75.5 Å². The molecule has 1 atom stereocenters. The van der Waals surface area contributed by atoms with Crippen molar-refractivity contribution >= 4 is 51.4 Å². The maximum atomic E-state index is 12.3. The maximum absolute atomic E-state index is 12.3. The molecule has 0 spiro atoms. The van der Waals surface area contributed by atoms with Gasteiger partial charge in [-0.3, -0.25) is 9.59 Å². The minimum absolute atomic E-state index is 0.327. The van der Waals surface area contributed by atoms with Crippen LogP contribution >= 0.6 is 22.6 Å². The molecule has 3 rings (SSSR count). The zero-order valence-corrected chi connectivity index (χ0v) is 17.1. The Morgan fingerprint density at radius 1 is 1.18 bits per heavy atom. The first-order valence-corrected chi connectivity index (χ1v) is 9.82. The number of aromatic nitrogens is 1. The predicted octanol–water partition coefficient (Wildman–Crippen LogP) is 2.58. The van der Waals surface area contributed by atoms with Crippen LogP contribution in [-0.4, -0.2) is 34.6 Å². The Morgan fingerprint density at radius 2 is 2.00 bits per heavy atom. The van der Waals surface area contributed by atoms with Gasteiger partial charge in [-0.05, 0) is 58.0 Å². The van der Waals surface area contributed by atoms with Gasteiger partial charge in [-0.2, -0.15) is 0 Å². The summed E-state index contributed by atoms with van der Waals surface area (Å²) in [6.45, 7) is -0.155. The van der Waals surface area contributed by atoms with Crippen LogP contribution in [0.4, 0.5) is 0 Å². The summed E-state index contributed by atoms with van der Waals surface area (Å²) in [7, 11) is 0. The van der Waals surface area contributed by atoms with Gasteiger partial charge in [0.1, 0.15) is 6.04 Å². The molecule has 0 fully saturated rings. The number of nitrogens with one attached hydrogen (secondary N) is 3. The molecule has 144 valence electrons. The molecule has 0 saturated heterocycles. The SMILES string of the molecule is O=C(C=Cc1c[nH]c2ccccc12)NC(CO)C(=O)NCc1cccc(I)c1. The van der Waals surface area contributed by atoms with E-state index in [9.17, 15) is 14.7 Å². The highest BCUT2D eigenvalue weighted by Gasteiger charge is 2.18. The van der Waals surface area contributed by atoms with Gasteiger partial charge in [0.2, 0.25) is 11.8 Å². The Labute approximate surface area is 176 Å². The molecular weight excluding hydrogens is 469 g/mol. The van der Waals surface area contributed by atoms with E-state index < -0.39 is 24.5 Å². The zero-order chi connectivity index (χ0) is 19.9. The molecule has 0 bridgehead atoms. The Morgan fingerprint density at radius 3 is 2.79 bits per heavy atom. The molecule has 0 aliphatic carbocycles. The van der Waals surface area contributed by atoms with Crippen LogP contribution in [0.15, 0.2) is 60.8 Å². The van der Waals surface area contributed by atoms with E-state index in [1.54, 1.807) is 6.08 Å². The number of aliphatic hydroxyl groups excluding tert-OH is 1. The molecule has 3 aromatic rings. The van der Waals surface area contributed by atoms with E-state index in [1.165, 1.54) is 6.08 Å². The standard InChI is InChI=1S/C21H20IN3O3/c22-16-5-3-4-14(10-16)11-24-21(28)19(13-26)25-20(27)9-8-15-12-23-18-7-2-1-6-17(15)18/h1-10,12,19,23,26H,11,13H2,(H,24,28)(H,25,27). The van der Waals surface area contributed by atoms with E-state index in [0.717, 1.165) is 25.6 Å². The van der Waals surface area contributed by atoms with Gasteiger partial charge in [-0.15, -0.1) is 0 Å². The van der Waals surface area contributed by atoms with Crippen molar-refractivity contribution in [1.82, 2.24) is 15.6 Å². The van der Waals surface area contributed by atoms with E-state index >= 15 is 0 Å². The number of para-hydroxylation sites is 1. The molecule has 4 N–H and O–H groups in total. The number of rotatable bonds is 7. The monoisotopic (exact) mass is 489 g/mol. The van der Waals surface area contributed by atoms with Crippen molar-refractivity contribution in [1.29, 1.82) is 0 Å². The van der Waals surface area contributed by atoms with Crippen LogP contribution in [-0.2, 0) is 16.1 Å². The van der Waals surface area contributed by atoms with Crippen LogP contribution in [0.5, 0.6) is 0 Å². The number of carbonyl (C=O) groups is 2. The van der Waals surface area contributed by atoms with Crippen molar-refractivity contribution in [2.75, 3.05) is 6.61 Å². The lowest BCUT2D eigenvalue weighted by Crippen LogP contribution is -2.48. The third kappa shape index (κ3) is 5.20. The van der Waals surface area contributed by atoms with Gasteiger partial charge in [-0.1, -0.05) is 30.3 Å². The van der Waals surface area contributed by atoms with Crippen molar-refractivity contribution in [3.8, 4) is 0 Å². The first-order chi connectivity index (χ1) is 13.6. The van der Waals surface area contributed by atoms with Crippen LogP contribution in [0.1, 0.15) is 11.1 Å². The van der Waals surface area contributed by atoms with E-state index in [2.05, 4.69) is 38.2 Å². The number of benzene rings is 2. The molecule has 0 aliphatic heterocycles. The van der Waals surface area contributed by atoms with Gasteiger partial charge < -0.3 is 20.7 Å². The van der Waals surface area contributed by atoms with Crippen molar-refractivity contribution in [2.45, 2.75) is 12.6 Å². The lowest BCUT2D eigenvalue weighted by atomic mass is 10.1. The zero-order valence-electron chi connectivity index (χ0n) is 15.0. The van der Waals surface area contributed by atoms with Gasteiger partial charge >= 0.3 is 0 Å². The summed E-state index contributed by atoms with van der Waals surface area (Å²) in [6.07, 6.45) is 4.84. The minimum Gasteiger partial charge on any atom is -0.394 e. The Kier molecular flexibility index (Phi) is 6.83. The molecule has 28 heavy (non-hydrogen) atoms. The summed E-state index contributed by atoms with van der Waals surface area (Å²) in [5.41, 5.74) is 2.79. The van der Waals surface area contributed by atoms with E-state index in [0.29, 0.717) is 6.54 Å². The normalized spacial score (nSPS) is 12.2. The average molecular weight is 489 g/mol. The number of hydrogen-bond acceptors (Lipinski definition) is 3. The molecule has 0 radical (unpaired) electrons. The summed E-state index contributed by atoms with van der Waals surface area (Å²) >= 11 is 2.20. The number of carbonyl (C=O) groups excluding carboxylic acids is 2. The second-order valence-corrected chi connectivity index (χ2v) is 7.46. The summed E-state index contributed by atoms with van der Waals surface area (Å²) in [4.78, 5) is 27.6. The number of aromatic amines is 1. The fourth-order valence-corrected chi connectivity index (χ4v) is 3.38. The van der Waals surface area contributed by atoms with Gasteiger partial charge in [0.15, 0.2) is 0 Å². The highest BCUT2D eigenvalue weighted by molar-refractivity contribution is 14.1. The van der Waals surface area contributed by atoms with Crippen LogP contribution in [0.2, 0.25) is 0 Å². The van der Waals surface area contributed by atoms with E-state index in [1.807, 2.05) is 54.7 Å². The smallest absolute Gasteiger partial charge is 0.245 e. The summed E-state index contributed by atoms with van der Waals surface area (Å²) in [5.74, 6) is -0.885. The minimum atomic E-state index is -1.01. The highest BCUT2D eigenvalue weighted by Crippen LogP contribution is 2.18. The summed E-state index contributed by atoms with van der Waals surface area (Å²) < 4.78 is 1.07. The first-order valence-electron chi connectivity index (χ1n) is 8.74. The Hall–Kier alpha value is -2.65. The van der Waals surface area contributed by atoms with Gasteiger partial charge in [0.25, 0.3) is 0 Å². The quantitative estimate of drug-likeness (QED) is 0.304. The van der Waals surface area contributed by atoms with Crippen molar-refractivity contribution in [3.63, 3.8) is 0 Å². The van der Waals surface area contributed by atoms with Crippen LogP contribution in [0, 0.1) is 3.57 Å². The van der Waals surface area contributed by atoms with E-state index in [-0.39, 0.29) is 0 Å². The third-order valence-electron chi connectivity index (χ3n) is 4.21. The number of H-pyrrole nitrogens is 1. The first kappa shape index (κ1) is 20.1. The van der Waals surface area contributed by atoms with Crippen molar-refractivity contribution in [2.24, 2.45) is 0 Å². The van der Waals surface area contributed by atoms with Crippen LogP contribution in [0.3, 0.4) is 0 Å². The molecule has 2 amide bonds. The molecule has 1 heterocycles. The molecule has 0 saturated carbocycles. The summed E-state index contributed by atoms with van der Waals surface area (Å²) in [5, 5.41) is 15.7. The van der Waals surface area contributed by atoms with Crippen LogP contribution < -0.4 is 10.6 Å². The lowest BCUT2D eigenvalue weighted by Gasteiger charge is -2.15. The largest absolute Gasteiger partial charge is 0.394 e. The predicted molar refractivity (Wildman–Crippen MR) is 117 cm³/mol. The molecule has 7 heteroatoms. The fourth-order valence-electron chi connectivity index (χ4n) is 2.77. The second kappa shape index (κ2) is 9.52. The van der Waals surface area contributed by atoms with Crippen molar-refractivity contribution < 1.29 is 14.7 Å². The Bertz CT molecular complexity index is 1010. The lowest BCUT2D eigenvalue weighted by molar-refractivity contribution is -0.128. The average Bonchev–Trinajstić information content (AvgIpc) is 3.12. The highest BCUT2D eigenvalue weighted by atomic mass is 127. The number of halogens is 1. The number of hydrogen-bond donors (Lipinski definition) is 4.